The zero-order valence-electron chi connectivity index (χ0n) is 16.3. The van der Waals surface area contributed by atoms with Gasteiger partial charge in [0.15, 0.2) is 0 Å². The molecule has 0 aromatic heterocycles. The molecule has 2 N–H and O–H groups in total. The maximum Gasteiger partial charge on any atom is 0.345 e. The van der Waals surface area contributed by atoms with Gasteiger partial charge in [-0.25, -0.2) is 9.80 Å². The molecule has 0 spiro atoms. The second kappa shape index (κ2) is 10.5. The summed E-state index contributed by atoms with van der Waals surface area (Å²) in [5.41, 5.74) is 4.79. The smallest absolute Gasteiger partial charge is 0.345 e. The lowest BCUT2D eigenvalue weighted by atomic mass is 10.1. The summed E-state index contributed by atoms with van der Waals surface area (Å²) in [5, 5.41) is 12.6. The van der Waals surface area contributed by atoms with Gasteiger partial charge in [-0.15, -0.1) is 0 Å². The average Bonchev–Trinajstić information content (AvgIpc) is 2.71. The van der Waals surface area contributed by atoms with Gasteiger partial charge in [0.1, 0.15) is 0 Å². The first-order valence-electron chi connectivity index (χ1n) is 9.06. The predicted octanol–water partition coefficient (Wildman–Crippen LogP) is 3.14. The Hall–Kier alpha value is -3.86. The van der Waals surface area contributed by atoms with E-state index in [1.165, 1.54) is 6.92 Å². The van der Waals surface area contributed by atoms with Gasteiger partial charge in [0.2, 0.25) is 5.91 Å². The molecule has 3 amide bonds. The lowest BCUT2D eigenvalue weighted by Crippen LogP contribution is -2.47. The molecule has 2 aromatic rings. The quantitative estimate of drug-likeness (QED) is 0.577. The van der Waals surface area contributed by atoms with Crippen LogP contribution in [0.4, 0.5) is 16.2 Å². The topological polar surface area (TPSA) is 112 Å². The highest BCUT2D eigenvalue weighted by atomic mass is 16.5. The molecule has 0 fully saturated rings. The number of ether oxygens (including phenoxy) is 1. The number of carbonyl (C=O) groups excluding carboxylic acids is 3. The van der Waals surface area contributed by atoms with Gasteiger partial charge in [-0.1, -0.05) is 12.1 Å². The Bertz CT molecular complexity index is 902. The monoisotopic (exact) mass is 394 g/mol. The van der Waals surface area contributed by atoms with Crippen molar-refractivity contribution in [3.63, 3.8) is 0 Å². The van der Waals surface area contributed by atoms with Gasteiger partial charge in [0, 0.05) is 19.0 Å². The number of benzene rings is 2. The summed E-state index contributed by atoms with van der Waals surface area (Å²) in [6, 6.07) is 14.7. The molecule has 2 rings (SSSR count). The van der Waals surface area contributed by atoms with Crippen LogP contribution in [0.15, 0.2) is 48.5 Å². The van der Waals surface area contributed by atoms with Gasteiger partial charge in [-0.3, -0.25) is 15.0 Å². The number of rotatable bonds is 6. The van der Waals surface area contributed by atoms with Crippen LogP contribution >= 0.6 is 0 Å². The minimum atomic E-state index is -0.566. The van der Waals surface area contributed by atoms with E-state index in [1.54, 1.807) is 55.5 Å². The SMILES string of the molecule is CCOC(=O)CCc1ccc(N(NC(C)=O)C(=O)Nc2ccc(C#N)cc2)cc1. The molecule has 8 heteroatoms. The summed E-state index contributed by atoms with van der Waals surface area (Å²) in [6.45, 7) is 3.40. The Kier molecular flexibility index (Phi) is 7.74. The number of nitriles is 1. The summed E-state index contributed by atoms with van der Waals surface area (Å²) in [7, 11) is 0. The molecular weight excluding hydrogens is 372 g/mol. The van der Waals surface area contributed by atoms with Gasteiger partial charge < -0.3 is 10.1 Å². The summed E-state index contributed by atoms with van der Waals surface area (Å²) in [4.78, 5) is 35.7. The predicted molar refractivity (Wildman–Crippen MR) is 108 cm³/mol. The number of hydrogen-bond donors (Lipinski definition) is 2. The third-order valence-corrected chi connectivity index (χ3v) is 3.86. The summed E-state index contributed by atoms with van der Waals surface area (Å²) in [6.07, 6.45) is 0.776. The number of amides is 3. The molecule has 150 valence electrons. The van der Waals surface area contributed by atoms with Crippen LogP contribution in [0.3, 0.4) is 0 Å². The van der Waals surface area contributed by atoms with Crippen molar-refractivity contribution in [2.24, 2.45) is 0 Å². The minimum Gasteiger partial charge on any atom is -0.466 e. The Labute approximate surface area is 169 Å². The van der Waals surface area contributed by atoms with Crippen LogP contribution < -0.4 is 15.8 Å². The van der Waals surface area contributed by atoms with E-state index < -0.39 is 11.9 Å². The summed E-state index contributed by atoms with van der Waals surface area (Å²) >= 11 is 0. The van der Waals surface area contributed by atoms with E-state index in [0.29, 0.717) is 30.0 Å². The Morgan fingerprint density at radius 1 is 1.07 bits per heavy atom. The fourth-order valence-corrected chi connectivity index (χ4v) is 2.49. The lowest BCUT2D eigenvalue weighted by Gasteiger charge is -2.23. The van der Waals surface area contributed by atoms with Gasteiger partial charge in [-0.2, -0.15) is 5.26 Å². The maximum absolute atomic E-state index is 12.6. The molecular formula is C21H22N4O4. The fourth-order valence-electron chi connectivity index (χ4n) is 2.49. The van der Waals surface area contributed by atoms with Gasteiger partial charge in [-0.05, 0) is 55.3 Å². The number of aryl methyl sites for hydroxylation is 1. The molecule has 0 aliphatic rings. The van der Waals surface area contributed by atoms with Crippen molar-refractivity contribution >= 4 is 29.3 Å². The van der Waals surface area contributed by atoms with Crippen molar-refractivity contribution in [3.8, 4) is 6.07 Å². The number of hydrogen-bond acceptors (Lipinski definition) is 5. The van der Waals surface area contributed by atoms with E-state index in [-0.39, 0.29) is 12.4 Å². The molecule has 2 aromatic carbocycles. The van der Waals surface area contributed by atoms with Crippen LogP contribution in [0.2, 0.25) is 0 Å². The minimum absolute atomic E-state index is 0.266. The maximum atomic E-state index is 12.6. The highest BCUT2D eigenvalue weighted by Crippen LogP contribution is 2.17. The third kappa shape index (κ3) is 6.66. The largest absolute Gasteiger partial charge is 0.466 e. The molecule has 0 atom stereocenters. The number of esters is 1. The molecule has 0 aliphatic carbocycles. The molecule has 0 heterocycles. The van der Waals surface area contributed by atoms with Crippen LogP contribution in [0, 0.1) is 11.3 Å². The highest BCUT2D eigenvalue weighted by Gasteiger charge is 2.17. The van der Waals surface area contributed by atoms with Gasteiger partial charge >= 0.3 is 12.0 Å². The van der Waals surface area contributed by atoms with E-state index in [0.717, 1.165) is 10.6 Å². The molecule has 29 heavy (non-hydrogen) atoms. The Morgan fingerprint density at radius 3 is 2.28 bits per heavy atom. The van der Waals surface area contributed by atoms with Crippen LogP contribution in [-0.2, 0) is 20.7 Å². The van der Waals surface area contributed by atoms with E-state index in [2.05, 4.69) is 10.7 Å². The Morgan fingerprint density at radius 2 is 1.72 bits per heavy atom. The highest BCUT2D eigenvalue weighted by molar-refractivity contribution is 6.03. The average molecular weight is 394 g/mol. The number of anilines is 2. The van der Waals surface area contributed by atoms with Crippen LogP contribution in [0.1, 0.15) is 31.4 Å². The summed E-state index contributed by atoms with van der Waals surface area (Å²) in [5.74, 6) is -0.676. The van der Waals surface area contributed by atoms with Crippen molar-refractivity contribution in [2.75, 3.05) is 16.9 Å². The number of nitrogens with one attached hydrogen (secondary N) is 2. The number of urea groups is 1. The molecule has 0 saturated heterocycles. The first-order chi connectivity index (χ1) is 13.9. The summed E-state index contributed by atoms with van der Waals surface area (Å²) < 4.78 is 4.91. The molecule has 0 bridgehead atoms. The number of hydrazine groups is 1. The van der Waals surface area contributed by atoms with Crippen molar-refractivity contribution in [3.05, 3.63) is 59.7 Å². The van der Waals surface area contributed by atoms with Gasteiger partial charge in [0.05, 0.1) is 23.9 Å². The van der Waals surface area contributed by atoms with Crippen LogP contribution in [0.5, 0.6) is 0 Å². The second-order valence-electron chi connectivity index (χ2n) is 6.09. The van der Waals surface area contributed by atoms with Crippen molar-refractivity contribution in [1.82, 2.24) is 5.43 Å². The van der Waals surface area contributed by atoms with E-state index in [1.807, 2.05) is 6.07 Å². The second-order valence-corrected chi connectivity index (χ2v) is 6.09. The molecule has 8 nitrogen and oxygen atoms in total. The van der Waals surface area contributed by atoms with E-state index in [4.69, 9.17) is 10.00 Å². The normalized spacial score (nSPS) is 9.83. The van der Waals surface area contributed by atoms with E-state index >= 15 is 0 Å². The lowest BCUT2D eigenvalue weighted by molar-refractivity contribution is -0.143. The van der Waals surface area contributed by atoms with Crippen molar-refractivity contribution < 1.29 is 19.1 Å². The molecule has 0 aliphatic heterocycles. The van der Waals surface area contributed by atoms with Crippen LogP contribution in [0.25, 0.3) is 0 Å². The number of nitrogens with zero attached hydrogens (tertiary/aromatic N) is 2. The van der Waals surface area contributed by atoms with Crippen molar-refractivity contribution in [1.29, 1.82) is 5.26 Å². The standard InChI is InChI=1S/C21H22N4O4/c1-3-29-20(27)13-8-16-6-11-19(12-7-16)25(24-15(2)26)21(28)23-18-9-4-17(14-22)5-10-18/h4-7,9-12H,3,8,13H2,1-2H3,(H,23,28)(H,24,26). The molecule has 0 saturated carbocycles. The van der Waals surface area contributed by atoms with E-state index in [9.17, 15) is 14.4 Å². The fraction of sp³-hybridized carbons (Fsp3) is 0.238. The Balaban J connectivity index is 2.10. The van der Waals surface area contributed by atoms with Gasteiger partial charge in [0.25, 0.3) is 0 Å². The van der Waals surface area contributed by atoms with Crippen molar-refractivity contribution in [2.45, 2.75) is 26.7 Å². The molecule has 0 radical (unpaired) electrons. The zero-order chi connectivity index (χ0) is 21.2. The first kappa shape index (κ1) is 21.4. The van der Waals surface area contributed by atoms with Crippen LogP contribution in [-0.4, -0.2) is 24.5 Å². The molecule has 0 unspecified atom stereocenters. The third-order valence-electron chi connectivity index (χ3n) is 3.86. The number of carbonyl (C=O) groups is 3. The zero-order valence-corrected chi connectivity index (χ0v) is 16.3. The first-order valence-corrected chi connectivity index (χ1v) is 9.06.